The van der Waals surface area contributed by atoms with Crippen molar-refractivity contribution in [3.05, 3.63) is 100 Å². The minimum absolute atomic E-state index is 0.366. The molecule has 8 heteroatoms. The van der Waals surface area contributed by atoms with Crippen molar-refractivity contribution in [3.63, 3.8) is 0 Å². The lowest BCUT2D eigenvalue weighted by Crippen LogP contribution is -2.34. The number of fused-ring (bicyclic) bond motifs is 2. The van der Waals surface area contributed by atoms with E-state index in [1.807, 2.05) is 42.5 Å². The van der Waals surface area contributed by atoms with Crippen LogP contribution in [0.3, 0.4) is 0 Å². The van der Waals surface area contributed by atoms with E-state index in [4.69, 9.17) is 26.1 Å². The number of nitrogens with one attached hydrogen (secondary N) is 1. The largest absolute Gasteiger partial charge is 0.495 e. The number of pyridine rings is 1. The van der Waals surface area contributed by atoms with Crippen LogP contribution in [0.1, 0.15) is 34.1 Å². The second-order valence-electron chi connectivity index (χ2n) is 9.26. The first kappa shape index (κ1) is 25.7. The number of hydrogen-bond acceptors (Lipinski definition) is 6. The summed E-state index contributed by atoms with van der Waals surface area (Å²) in [6, 6.07) is 22.7. The van der Waals surface area contributed by atoms with E-state index in [1.54, 1.807) is 25.1 Å². The van der Waals surface area contributed by atoms with Gasteiger partial charge in [0.15, 0.2) is 6.10 Å². The third kappa shape index (κ3) is 5.49. The van der Waals surface area contributed by atoms with Gasteiger partial charge in [-0.15, -0.1) is 0 Å². The highest BCUT2D eigenvalue weighted by molar-refractivity contribution is 6.32. The number of nitrogens with zero attached hydrogens (tertiary/aromatic N) is 2. The highest BCUT2D eigenvalue weighted by Crippen LogP contribution is 2.30. The fourth-order valence-electron chi connectivity index (χ4n) is 4.72. The molecular formula is C30H28ClN3O4. The Kier molecular flexibility index (Phi) is 7.58. The first-order valence-electron chi connectivity index (χ1n) is 12.4. The molecule has 1 aromatic heterocycles. The van der Waals surface area contributed by atoms with Crippen LogP contribution in [0, 0.1) is 0 Å². The van der Waals surface area contributed by atoms with E-state index < -0.39 is 18.0 Å². The molecular weight excluding hydrogens is 502 g/mol. The van der Waals surface area contributed by atoms with Crippen LogP contribution >= 0.6 is 11.6 Å². The van der Waals surface area contributed by atoms with Gasteiger partial charge in [0, 0.05) is 48.4 Å². The topological polar surface area (TPSA) is 80.8 Å². The van der Waals surface area contributed by atoms with Crippen molar-refractivity contribution in [1.82, 2.24) is 9.88 Å². The number of carbonyl (C=O) groups excluding carboxylic acids is 2. The van der Waals surface area contributed by atoms with Gasteiger partial charge in [-0.2, -0.15) is 0 Å². The highest BCUT2D eigenvalue weighted by Gasteiger charge is 2.29. The lowest BCUT2D eigenvalue weighted by molar-refractivity contribution is -0.123. The van der Waals surface area contributed by atoms with Crippen LogP contribution in [0.2, 0.25) is 5.02 Å². The van der Waals surface area contributed by atoms with E-state index in [-0.39, 0.29) is 0 Å². The first-order valence-corrected chi connectivity index (χ1v) is 12.8. The molecule has 38 heavy (non-hydrogen) atoms. The molecule has 0 fully saturated rings. The second-order valence-corrected chi connectivity index (χ2v) is 9.67. The summed E-state index contributed by atoms with van der Waals surface area (Å²) in [5.74, 6) is -0.505. The zero-order valence-electron chi connectivity index (χ0n) is 21.2. The Hall–Kier alpha value is -3.94. The number of halogens is 1. The number of esters is 1. The predicted octanol–water partition coefficient (Wildman–Crippen LogP) is 5.64. The number of hydrogen-bond donors (Lipinski definition) is 1. The summed E-state index contributed by atoms with van der Waals surface area (Å²) in [5.41, 5.74) is 4.63. The Bertz CT molecular complexity index is 1490. The maximum absolute atomic E-state index is 13.6. The summed E-state index contributed by atoms with van der Waals surface area (Å²) in [6.45, 7) is 3.73. The molecule has 0 saturated carbocycles. The van der Waals surface area contributed by atoms with Crippen molar-refractivity contribution in [3.8, 4) is 5.75 Å². The van der Waals surface area contributed by atoms with Crippen molar-refractivity contribution in [2.24, 2.45) is 0 Å². The molecule has 0 spiro atoms. The minimum Gasteiger partial charge on any atom is -0.495 e. The molecule has 1 unspecified atom stereocenters. The van der Waals surface area contributed by atoms with Crippen molar-refractivity contribution in [2.45, 2.75) is 32.5 Å². The van der Waals surface area contributed by atoms with Gasteiger partial charge in [-0.3, -0.25) is 14.7 Å². The zero-order valence-corrected chi connectivity index (χ0v) is 22.0. The number of para-hydroxylation sites is 1. The quantitative estimate of drug-likeness (QED) is 0.312. The van der Waals surface area contributed by atoms with Crippen LogP contribution < -0.4 is 10.1 Å². The van der Waals surface area contributed by atoms with Crippen LogP contribution in [0.25, 0.3) is 10.9 Å². The fourth-order valence-corrected chi connectivity index (χ4v) is 4.97. The molecule has 0 saturated heterocycles. The zero-order chi connectivity index (χ0) is 26.6. The smallest absolute Gasteiger partial charge is 0.339 e. The molecule has 0 bridgehead atoms. The van der Waals surface area contributed by atoms with E-state index >= 15 is 0 Å². The standard InChI is InChI=1S/C30H28ClN3O4/c1-19(29(35)32-21-12-13-27(37-2)24(31)16-21)38-30(36)28-22-10-6-7-11-25(22)33-26-14-15-34(18-23(26)28)17-20-8-4-3-5-9-20/h3-13,16,19H,14-15,17-18H2,1-2H3,(H,32,35). The van der Waals surface area contributed by atoms with Crippen LogP contribution in [0.5, 0.6) is 5.75 Å². The summed E-state index contributed by atoms with van der Waals surface area (Å²) in [7, 11) is 1.52. The SMILES string of the molecule is COc1ccc(NC(=O)C(C)OC(=O)c2c3c(nc4ccccc24)CCN(Cc2ccccc2)C3)cc1Cl. The van der Waals surface area contributed by atoms with Gasteiger partial charge < -0.3 is 14.8 Å². The second kappa shape index (κ2) is 11.2. The summed E-state index contributed by atoms with van der Waals surface area (Å²) < 4.78 is 10.9. The van der Waals surface area contributed by atoms with Crippen molar-refractivity contribution in [2.75, 3.05) is 19.0 Å². The van der Waals surface area contributed by atoms with Crippen molar-refractivity contribution < 1.29 is 19.1 Å². The Morgan fingerprint density at radius 2 is 1.84 bits per heavy atom. The van der Waals surface area contributed by atoms with Crippen LogP contribution in [0.15, 0.2) is 72.8 Å². The Balaban J connectivity index is 1.38. The summed E-state index contributed by atoms with van der Waals surface area (Å²) in [4.78, 5) is 33.6. The van der Waals surface area contributed by atoms with E-state index in [9.17, 15) is 9.59 Å². The molecule has 3 aromatic carbocycles. The predicted molar refractivity (Wildman–Crippen MR) is 148 cm³/mol. The third-order valence-electron chi connectivity index (χ3n) is 6.65. The number of ether oxygens (including phenoxy) is 2. The van der Waals surface area contributed by atoms with E-state index in [0.717, 1.165) is 36.3 Å². The number of methoxy groups -OCH3 is 1. The number of benzene rings is 3. The van der Waals surface area contributed by atoms with Gasteiger partial charge in [0.2, 0.25) is 0 Å². The van der Waals surface area contributed by atoms with Gasteiger partial charge in [-0.1, -0.05) is 60.1 Å². The van der Waals surface area contributed by atoms with Gasteiger partial charge in [0.1, 0.15) is 5.75 Å². The van der Waals surface area contributed by atoms with Gasteiger partial charge in [-0.05, 0) is 36.8 Å². The molecule has 1 aliphatic heterocycles. The molecule has 0 radical (unpaired) electrons. The third-order valence-corrected chi connectivity index (χ3v) is 6.95. The summed E-state index contributed by atoms with van der Waals surface area (Å²) in [6.07, 6.45) is -0.309. The maximum Gasteiger partial charge on any atom is 0.339 e. The Labute approximate surface area is 226 Å². The molecule has 4 aromatic rings. The molecule has 2 heterocycles. The number of carbonyl (C=O) groups is 2. The molecule has 194 valence electrons. The van der Waals surface area contributed by atoms with Gasteiger partial charge in [-0.25, -0.2) is 4.79 Å². The number of aromatic nitrogens is 1. The molecule has 1 amide bonds. The van der Waals surface area contributed by atoms with Crippen molar-refractivity contribution >= 4 is 40.1 Å². The fraction of sp³-hybridized carbons (Fsp3) is 0.233. The first-order chi connectivity index (χ1) is 18.4. The van der Waals surface area contributed by atoms with E-state index in [0.29, 0.717) is 34.0 Å². The highest BCUT2D eigenvalue weighted by atomic mass is 35.5. The Morgan fingerprint density at radius 3 is 2.61 bits per heavy atom. The van der Waals surface area contributed by atoms with E-state index in [1.165, 1.54) is 12.7 Å². The van der Waals surface area contributed by atoms with Crippen LogP contribution in [0.4, 0.5) is 5.69 Å². The van der Waals surface area contributed by atoms with Crippen molar-refractivity contribution in [1.29, 1.82) is 0 Å². The summed E-state index contributed by atoms with van der Waals surface area (Å²) >= 11 is 6.17. The average Bonchev–Trinajstić information content (AvgIpc) is 2.92. The van der Waals surface area contributed by atoms with Gasteiger partial charge >= 0.3 is 5.97 Å². The normalized spacial score (nSPS) is 14.0. The van der Waals surface area contributed by atoms with Gasteiger partial charge in [0.25, 0.3) is 5.91 Å². The molecule has 0 aliphatic carbocycles. The number of anilines is 1. The Morgan fingerprint density at radius 1 is 1.08 bits per heavy atom. The molecule has 1 aliphatic rings. The van der Waals surface area contributed by atoms with Crippen LogP contribution in [-0.4, -0.2) is 41.5 Å². The lowest BCUT2D eigenvalue weighted by atomic mass is 9.95. The molecule has 1 N–H and O–H groups in total. The minimum atomic E-state index is -1.03. The number of rotatable bonds is 7. The molecule has 7 nitrogen and oxygen atoms in total. The van der Waals surface area contributed by atoms with E-state index in [2.05, 4.69) is 22.3 Å². The molecule has 5 rings (SSSR count). The molecule has 1 atom stereocenters. The van der Waals surface area contributed by atoms with Crippen LogP contribution in [-0.2, 0) is 29.0 Å². The lowest BCUT2D eigenvalue weighted by Gasteiger charge is -2.30. The summed E-state index contributed by atoms with van der Waals surface area (Å²) in [5, 5.41) is 3.83. The number of amides is 1. The van der Waals surface area contributed by atoms with Gasteiger partial charge in [0.05, 0.1) is 23.2 Å². The monoisotopic (exact) mass is 529 g/mol. The maximum atomic E-state index is 13.6. The average molecular weight is 530 g/mol.